The fourth-order valence-electron chi connectivity index (χ4n) is 1.14. The van der Waals surface area contributed by atoms with E-state index in [0.717, 1.165) is 11.3 Å². The largest absolute Gasteiger partial charge is 0.233 e. The molecule has 2 nitrogen and oxygen atoms in total. The van der Waals surface area contributed by atoms with Gasteiger partial charge < -0.3 is 0 Å². The molecule has 2 rings (SSSR count). The van der Waals surface area contributed by atoms with Gasteiger partial charge in [-0.1, -0.05) is 34.8 Å². The van der Waals surface area contributed by atoms with Gasteiger partial charge in [0.2, 0.25) is 0 Å². The summed E-state index contributed by atoms with van der Waals surface area (Å²) in [4.78, 5) is 8.34. The molecule has 0 saturated heterocycles. The SMILES string of the molecule is Cc1cc(Cl)nc(-c2cc(Cl)sc2Cl)n1. The monoisotopic (exact) mass is 278 g/mol. The van der Waals surface area contributed by atoms with Gasteiger partial charge in [0, 0.05) is 5.69 Å². The molecule has 0 atom stereocenters. The zero-order valence-electron chi connectivity index (χ0n) is 7.59. The molecule has 0 aliphatic carbocycles. The number of halogens is 3. The summed E-state index contributed by atoms with van der Waals surface area (Å²) in [5.74, 6) is 0.508. The Morgan fingerprint density at radius 2 is 1.87 bits per heavy atom. The van der Waals surface area contributed by atoms with E-state index in [-0.39, 0.29) is 0 Å². The Morgan fingerprint density at radius 3 is 2.40 bits per heavy atom. The summed E-state index contributed by atoms with van der Waals surface area (Å²) in [7, 11) is 0. The summed E-state index contributed by atoms with van der Waals surface area (Å²) < 4.78 is 1.18. The van der Waals surface area contributed by atoms with Gasteiger partial charge in [0.1, 0.15) is 9.49 Å². The molecule has 0 radical (unpaired) electrons. The first-order valence-corrected chi connectivity index (χ1v) is 5.97. The summed E-state index contributed by atoms with van der Waals surface area (Å²) >= 11 is 19.0. The number of hydrogen-bond donors (Lipinski definition) is 0. The van der Waals surface area contributed by atoms with Gasteiger partial charge >= 0.3 is 0 Å². The van der Waals surface area contributed by atoms with Crippen molar-refractivity contribution in [3.05, 3.63) is 31.7 Å². The molecule has 78 valence electrons. The van der Waals surface area contributed by atoms with Crippen LogP contribution in [0.2, 0.25) is 13.8 Å². The minimum Gasteiger partial charge on any atom is -0.233 e. The predicted octanol–water partition coefficient (Wildman–Crippen LogP) is 4.47. The van der Waals surface area contributed by atoms with E-state index in [4.69, 9.17) is 34.8 Å². The van der Waals surface area contributed by atoms with Crippen LogP contribution in [0.5, 0.6) is 0 Å². The van der Waals surface area contributed by atoms with Gasteiger partial charge in [-0.05, 0) is 19.1 Å². The molecule has 0 aliphatic rings. The van der Waals surface area contributed by atoms with Gasteiger partial charge in [-0.15, -0.1) is 11.3 Å². The lowest BCUT2D eigenvalue weighted by Crippen LogP contribution is -1.91. The fourth-order valence-corrected chi connectivity index (χ4v) is 2.84. The average Bonchev–Trinajstić information content (AvgIpc) is 2.43. The molecule has 0 amide bonds. The Kier molecular flexibility index (Phi) is 3.16. The lowest BCUT2D eigenvalue weighted by atomic mass is 10.3. The van der Waals surface area contributed by atoms with Crippen LogP contribution in [0.1, 0.15) is 5.69 Å². The molecule has 0 unspecified atom stereocenters. The zero-order valence-corrected chi connectivity index (χ0v) is 10.7. The van der Waals surface area contributed by atoms with Gasteiger partial charge in [-0.2, -0.15) is 0 Å². The van der Waals surface area contributed by atoms with Crippen LogP contribution in [0.4, 0.5) is 0 Å². The molecular formula is C9H5Cl3N2S. The molecule has 0 saturated carbocycles. The first-order valence-electron chi connectivity index (χ1n) is 4.02. The number of rotatable bonds is 1. The molecule has 2 heterocycles. The van der Waals surface area contributed by atoms with Crippen LogP contribution in [-0.4, -0.2) is 9.97 Å². The van der Waals surface area contributed by atoms with Crippen molar-refractivity contribution in [1.82, 2.24) is 9.97 Å². The maximum absolute atomic E-state index is 6.00. The van der Waals surface area contributed by atoms with E-state index in [0.29, 0.717) is 19.7 Å². The molecule has 2 aromatic rings. The Balaban J connectivity index is 2.58. The highest BCUT2D eigenvalue weighted by molar-refractivity contribution is 7.20. The van der Waals surface area contributed by atoms with E-state index >= 15 is 0 Å². The molecule has 0 bridgehead atoms. The number of aryl methyl sites for hydroxylation is 1. The average molecular weight is 280 g/mol. The normalized spacial score (nSPS) is 10.7. The Morgan fingerprint density at radius 1 is 1.13 bits per heavy atom. The van der Waals surface area contributed by atoms with Crippen LogP contribution in [0.25, 0.3) is 11.4 Å². The molecule has 15 heavy (non-hydrogen) atoms. The second-order valence-corrected chi connectivity index (χ2v) is 5.57. The van der Waals surface area contributed by atoms with E-state index in [2.05, 4.69) is 9.97 Å². The lowest BCUT2D eigenvalue weighted by Gasteiger charge is -1.99. The number of nitrogens with zero attached hydrogens (tertiary/aromatic N) is 2. The summed E-state index contributed by atoms with van der Waals surface area (Å²) in [5.41, 5.74) is 1.51. The quantitative estimate of drug-likeness (QED) is 0.720. The topological polar surface area (TPSA) is 25.8 Å². The molecule has 0 fully saturated rings. The third-order valence-corrected chi connectivity index (χ3v) is 3.40. The standard InChI is InChI=1S/C9H5Cl3N2S/c1-4-2-6(10)14-9(13-4)5-3-7(11)15-8(5)12/h2-3H,1H3. The maximum Gasteiger partial charge on any atom is 0.163 e. The van der Waals surface area contributed by atoms with Gasteiger partial charge in [0.05, 0.1) is 9.90 Å². The minimum atomic E-state index is 0.399. The van der Waals surface area contributed by atoms with Crippen molar-refractivity contribution in [3.8, 4) is 11.4 Å². The van der Waals surface area contributed by atoms with Crippen molar-refractivity contribution < 1.29 is 0 Å². The Labute approximate surface area is 106 Å². The highest BCUT2D eigenvalue weighted by atomic mass is 35.5. The van der Waals surface area contributed by atoms with Crippen LogP contribution in [-0.2, 0) is 0 Å². The van der Waals surface area contributed by atoms with Gasteiger partial charge in [0.15, 0.2) is 5.82 Å². The second-order valence-electron chi connectivity index (χ2n) is 2.89. The van der Waals surface area contributed by atoms with Crippen molar-refractivity contribution in [3.63, 3.8) is 0 Å². The van der Waals surface area contributed by atoms with Crippen LogP contribution >= 0.6 is 46.1 Å². The van der Waals surface area contributed by atoms with Crippen LogP contribution in [0.3, 0.4) is 0 Å². The molecule has 0 spiro atoms. The Bertz CT molecular complexity index is 490. The number of aromatic nitrogens is 2. The third kappa shape index (κ3) is 2.42. The van der Waals surface area contributed by atoms with E-state index < -0.39 is 0 Å². The highest BCUT2D eigenvalue weighted by Gasteiger charge is 2.11. The van der Waals surface area contributed by atoms with Crippen molar-refractivity contribution in [2.24, 2.45) is 0 Å². The van der Waals surface area contributed by atoms with Crippen molar-refractivity contribution in [2.75, 3.05) is 0 Å². The van der Waals surface area contributed by atoms with Crippen LogP contribution < -0.4 is 0 Å². The molecule has 0 N–H and O–H groups in total. The summed E-state index contributed by atoms with van der Waals surface area (Å²) in [6.07, 6.45) is 0. The zero-order chi connectivity index (χ0) is 11.0. The van der Waals surface area contributed by atoms with E-state index in [1.165, 1.54) is 11.3 Å². The smallest absolute Gasteiger partial charge is 0.163 e. The third-order valence-electron chi connectivity index (χ3n) is 1.72. The van der Waals surface area contributed by atoms with Crippen LogP contribution in [0, 0.1) is 6.92 Å². The van der Waals surface area contributed by atoms with Crippen molar-refractivity contribution >= 4 is 46.1 Å². The summed E-state index contributed by atoms with van der Waals surface area (Å²) in [5, 5.41) is 0.399. The summed E-state index contributed by atoms with van der Waals surface area (Å²) in [6.45, 7) is 1.85. The molecule has 0 aromatic carbocycles. The first-order chi connectivity index (χ1) is 7.06. The van der Waals surface area contributed by atoms with Gasteiger partial charge in [-0.3, -0.25) is 0 Å². The van der Waals surface area contributed by atoms with Gasteiger partial charge in [-0.25, -0.2) is 9.97 Å². The summed E-state index contributed by atoms with van der Waals surface area (Å²) in [6, 6.07) is 3.42. The van der Waals surface area contributed by atoms with E-state index in [9.17, 15) is 0 Å². The second kappa shape index (κ2) is 4.26. The van der Waals surface area contributed by atoms with Crippen molar-refractivity contribution in [1.29, 1.82) is 0 Å². The molecular weight excluding hydrogens is 275 g/mol. The van der Waals surface area contributed by atoms with Crippen molar-refractivity contribution in [2.45, 2.75) is 6.92 Å². The fraction of sp³-hybridized carbons (Fsp3) is 0.111. The van der Waals surface area contributed by atoms with Crippen LogP contribution in [0.15, 0.2) is 12.1 Å². The molecule has 6 heteroatoms. The Hall–Kier alpha value is -0.350. The molecule has 0 aliphatic heterocycles. The number of thiophene rings is 1. The van der Waals surface area contributed by atoms with Gasteiger partial charge in [0.25, 0.3) is 0 Å². The first kappa shape index (κ1) is 11.1. The van der Waals surface area contributed by atoms with E-state index in [1.54, 1.807) is 12.1 Å². The lowest BCUT2D eigenvalue weighted by molar-refractivity contribution is 1.11. The maximum atomic E-state index is 6.00. The highest BCUT2D eigenvalue weighted by Crippen LogP contribution is 2.36. The minimum absolute atomic E-state index is 0.399. The van der Waals surface area contributed by atoms with E-state index in [1.807, 2.05) is 6.92 Å². The number of hydrogen-bond acceptors (Lipinski definition) is 3. The predicted molar refractivity (Wildman–Crippen MR) is 65.1 cm³/mol. The molecule has 2 aromatic heterocycles.